The van der Waals surface area contributed by atoms with E-state index in [-0.39, 0.29) is 17.8 Å². The predicted octanol–water partition coefficient (Wildman–Crippen LogP) is 1.33. The van der Waals surface area contributed by atoms with Crippen molar-refractivity contribution in [2.45, 2.75) is 26.4 Å². The summed E-state index contributed by atoms with van der Waals surface area (Å²) in [5.41, 5.74) is 0. The first kappa shape index (κ1) is 16.2. The molecule has 1 N–H and O–H groups in total. The minimum atomic E-state index is -3.15. The molecular weight excluding hydrogens is 246 g/mol. The molecule has 0 aromatic carbocycles. The molecule has 16 heavy (non-hydrogen) atoms. The number of ether oxygens (including phenoxy) is 1. The highest BCUT2D eigenvalue weighted by Crippen LogP contribution is 2.04. The van der Waals surface area contributed by atoms with Crippen molar-refractivity contribution in [1.82, 2.24) is 4.72 Å². The lowest BCUT2D eigenvalue weighted by atomic mass is 10.3. The molecule has 0 saturated heterocycles. The maximum Gasteiger partial charge on any atom is 0.211 e. The van der Waals surface area contributed by atoms with Gasteiger partial charge in [0, 0.05) is 13.7 Å². The zero-order valence-corrected chi connectivity index (χ0v) is 12.2. The zero-order chi connectivity index (χ0) is 12.6. The number of thioether (sulfide) groups is 1. The van der Waals surface area contributed by atoms with E-state index in [2.05, 4.69) is 4.72 Å². The van der Waals surface area contributed by atoms with Crippen molar-refractivity contribution in [3.8, 4) is 0 Å². The van der Waals surface area contributed by atoms with E-state index in [1.54, 1.807) is 18.9 Å². The van der Waals surface area contributed by atoms with Crippen LogP contribution in [0.15, 0.2) is 0 Å². The van der Waals surface area contributed by atoms with Gasteiger partial charge in [0.05, 0.1) is 11.9 Å². The van der Waals surface area contributed by atoms with E-state index in [0.717, 1.165) is 12.2 Å². The van der Waals surface area contributed by atoms with Gasteiger partial charge >= 0.3 is 0 Å². The van der Waals surface area contributed by atoms with E-state index in [1.165, 1.54) is 0 Å². The van der Waals surface area contributed by atoms with Crippen LogP contribution in [0.3, 0.4) is 0 Å². The second kappa shape index (κ2) is 8.33. The third-order valence-corrected chi connectivity index (χ3v) is 4.42. The van der Waals surface area contributed by atoms with Crippen molar-refractivity contribution < 1.29 is 13.2 Å². The van der Waals surface area contributed by atoms with Gasteiger partial charge in [-0.1, -0.05) is 13.8 Å². The normalized spacial score (nSPS) is 14.3. The van der Waals surface area contributed by atoms with Gasteiger partial charge in [0.15, 0.2) is 0 Å². The molecule has 0 rings (SSSR count). The lowest BCUT2D eigenvalue weighted by Crippen LogP contribution is -2.36. The van der Waals surface area contributed by atoms with Crippen molar-refractivity contribution in [2.24, 2.45) is 5.92 Å². The first-order valence-electron chi connectivity index (χ1n) is 5.40. The monoisotopic (exact) mass is 269 g/mol. The lowest BCUT2D eigenvalue weighted by Gasteiger charge is -2.16. The van der Waals surface area contributed by atoms with E-state index in [1.807, 2.05) is 20.1 Å². The van der Waals surface area contributed by atoms with Crippen molar-refractivity contribution >= 4 is 21.8 Å². The highest BCUT2D eigenvalue weighted by molar-refractivity contribution is 7.98. The van der Waals surface area contributed by atoms with E-state index in [9.17, 15) is 8.42 Å². The third kappa shape index (κ3) is 8.38. The summed E-state index contributed by atoms with van der Waals surface area (Å²) < 4.78 is 30.9. The molecule has 4 nitrogen and oxygen atoms in total. The number of nitrogens with one attached hydrogen (secondary N) is 1. The molecule has 0 heterocycles. The number of hydrogen-bond acceptors (Lipinski definition) is 4. The van der Waals surface area contributed by atoms with Gasteiger partial charge in [-0.3, -0.25) is 0 Å². The van der Waals surface area contributed by atoms with Gasteiger partial charge in [0.1, 0.15) is 0 Å². The van der Waals surface area contributed by atoms with Crippen molar-refractivity contribution in [3.05, 3.63) is 0 Å². The molecule has 0 amide bonds. The molecule has 0 aromatic heterocycles. The Labute approximate surface area is 104 Å². The molecule has 98 valence electrons. The summed E-state index contributed by atoms with van der Waals surface area (Å²) in [7, 11) is -1.53. The van der Waals surface area contributed by atoms with E-state index in [0.29, 0.717) is 6.54 Å². The summed E-state index contributed by atoms with van der Waals surface area (Å²) >= 11 is 1.73. The quantitative estimate of drug-likeness (QED) is 0.686. The van der Waals surface area contributed by atoms with Gasteiger partial charge < -0.3 is 4.74 Å². The van der Waals surface area contributed by atoms with Crippen LogP contribution in [-0.2, 0) is 14.8 Å². The summed E-state index contributed by atoms with van der Waals surface area (Å²) in [4.78, 5) is 0. The Kier molecular flexibility index (Phi) is 8.45. The lowest BCUT2D eigenvalue weighted by molar-refractivity contribution is 0.104. The Hall–Kier alpha value is 0.220. The summed E-state index contributed by atoms with van der Waals surface area (Å²) in [6, 6.07) is 0. The largest absolute Gasteiger partial charge is 0.380 e. The van der Waals surface area contributed by atoms with E-state index >= 15 is 0 Å². The molecule has 0 saturated carbocycles. The average Bonchev–Trinajstić information content (AvgIpc) is 2.16. The first-order chi connectivity index (χ1) is 7.41. The number of rotatable bonds is 9. The van der Waals surface area contributed by atoms with E-state index in [4.69, 9.17) is 4.74 Å². The van der Waals surface area contributed by atoms with Crippen LogP contribution < -0.4 is 4.72 Å². The molecule has 0 aliphatic heterocycles. The zero-order valence-electron chi connectivity index (χ0n) is 10.5. The van der Waals surface area contributed by atoms with Crippen molar-refractivity contribution in [3.63, 3.8) is 0 Å². The summed E-state index contributed by atoms with van der Waals surface area (Å²) in [6.45, 7) is 4.15. The maximum atomic E-state index is 11.6. The van der Waals surface area contributed by atoms with Crippen LogP contribution in [0.4, 0.5) is 0 Å². The van der Waals surface area contributed by atoms with Crippen LogP contribution in [0, 0.1) is 5.92 Å². The third-order valence-electron chi connectivity index (χ3n) is 2.06. The topological polar surface area (TPSA) is 55.4 Å². The molecule has 0 aliphatic carbocycles. The Morgan fingerprint density at radius 2 is 2.00 bits per heavy atom. The van der Waals surface area contributed by atoms with Crippen LogP contribution in [0.25, 0.3) is 0 Å². The standard InChI is InChI=1S/C10H23NO3S2/c1-9(2)8-16(12,13)11-7-10(14-3)5-6-15-4/h9-11H,5-8H2,1-4H3. The average molecular weight is 269 g/mol. The molecule has 0 aliphatic rings. The minimum Gasteiger partial charge on any atom is -0.380 e. The molecule has 0 fully saturated rings. The number of sulfonamides is 1. The Morgan fingerprint density at radius 3 is 2.44 bits per heavy atom. The Bertz CT molecular complexity index is 265. The Morgan fingerprint density at radius 1 is 1.38 bits per heavy atom. The summed E-state index contributed by atoms with van der Waals surface area (Å²) in [6.07, 6.45) is 2.85. The minimum absolute atomic E-state index is 0.0330. The first-order valence-corrected chi connectivity index (χ1v) is 8.45. The fourth-order valence-corrected chi connectivity index (χ4v) is 3.20. The molecule has 6 heteroatoms. The molecule has 1 atom stereocenters. The summed E-state index contributed by atoms with van der Waals surface area (Å²) in [5, 5.41) is 0. The van der Waals surface area contributed by atoms with Gasteiger partial charge in [0.25, 0.3) is 0 Å². The van der Waals surface area contributed by atoms with E-state index < -0.39 is 10.0 Å². The maximum absolute atomic E-state index is 11.6. The number of methoxy groups -OCH3 is 1. The smallest absolute Gasteiger partial charge is 0.211 e. The van der Waals surface area contributed by atoms with Crippen molar-refractivity contribution in [2.75, 3.05) is 31.4 Å². The highest BCUT2D eigenvalue weighted by Gasteiger charge is 2.15. The SMILES string of the molecule is COC(CCSC)CNS(=O)(=O)CC(C)C. The number of hydrogen-bond donors (Lipinski definition) is 1. The molecule has 0 radical (unpaired) electrons. The van der Waals surface area contributed by atoms with Crippen molar-refractivity contribution in [1.29, 1.82) is 0 Å². The van der Waals surface area contributed by atoms with Crippen LogP contribution in [0.2, 0.25) is 0 Å². The fourth-order valence-electron chi connectivity index (χ4n) is 1.27. The second-order valence-corrected chi connectivity index (χ2v) is 7.00. The van der Waals surface area contributed by atoms with Gasteiger partial charge in [-0.05, 0) is 24.3 Å². The highest BCUT2D eigenvalue weighted by atomic mass is 32.2. The predicted molar refractivity (Wildman–Crippen MR) is 70.4 cm³/mol. The van der Waals surface area contributed by atoms with Gasteiger partial charge in [-0.25, -0.2) is 13.1 Å². The van der Waals surface area contributed by atoms with Gasteiger partial charge in [-0.2, -0.15) is 11.8 Å². The van der Waals surface area contributed by atoms with Gasteiger partial charge in [-0.15, -0.1) is 0 Å². The Balaban J connectivity index is 4.00. The molecule has 0 aromatic rings. The van der Waals surface area contributed by atoms with Crippen LogP contribution >= 0.6 is 11.8 Å². The second-order valence-electron chi connectivity index (χ2n) is 4.16. The van der Waals surface area contributed by atoms with Crippen LogP contribution in [-0.4, -0.2) is 45.9 Å². The molecular formula is C10H23NO3S2. The molecule has 0 bridgehead atoms. The van der Waals surface area contributed by atoms with Crippen LogP contribution in [0.1, 0.15) is 20.3 Å². The fraction of sp³-hybridized carbons (Fsp3) is 1.00. The molecule has 1 unspecified atom stereocenters. The summed E-state index contributed by atoms with van der Waals surface area (Å²) in [5.74, 6) is 1.29. The van der Waals surface area contributed by atoms with Gasteiger partial charge in [0.2, 0.25) is 10.0 Å². The molecule has 0 spiro atoms. The van der Waals surface area contributed by atoms with Crippen LogP contribution in [0.5, 0.6) is 0 Å².